The fourth-order valence-corrected chi connectivity index (χ4v) is 2.68. The molecule has 2 rings (SSSR count). The molecule has 0 saturated carbocycles. The zero-order valence-corrected chi connectivity index (χ0v) is 14.6. The Kier molecular flexibility index (Phi) is 5.41. The minimum atomic E-state index is -4.90. The Balaban J connectivity index is 2.20. The van der Waals surface area contributed by atoms with Gasteiger partial charge in [-0.25, -0.2) is 0 Å². The highest BCUT2D eigenvalue weighted by Crippen LogP contribution is 2.41. The van der Waals surface area contributed by atoms with Crippen LogP contribution in [0.15, 0.2) is 29.4 Å². The molecule has 1 atom stereocenters. The average Bonchev–Trinajstić information content (AvgIpc) is 2.85. The van der Waals surface area contributed by atoms with Gasteiger partial charge in [-0.1, -0.05) is 43.6 Å². The van der Waals surface area contributed by atoms with E-state index in [-0.39, 0.29) is 23.3 Å². The number of benzene rings is 1. The lowest BCUT2D eigenvalue weighted by atomic mass is 9.99. The highest BCUT2D eigenvalue weighted by atomic mass is 35.5. The molecule has 0 aromatic heterocycles. The van der Waals surface area contributed by atoms with Crippen LogP contribution in [-0.2, 0) is 6.54 Å². The van der Waals surface area contributed by atoms with Gasteiger partial charge in [-0.05, 0) is 29.8 Å². The predicted octanol–water partition coefficient (Wildman–Crippen LogP) is 3.68. The van der Waals surface area contributed by atoms with Crippen LogP contribution in [0.1, 0.15) is 25.8 Å². The summed E-state index contributed by atoms with van der Waals surface area (Å²) in [5.41, 5.74) is -2.24. The normalized spacial score (nSPS) is 21.2. The maximum absolute atomic E-state index is 13.3. The van der Waals surface area contributed by atoms with E-state index < -0.39 is 18.3 Å². The Hall–Kier alpha value is -1.38. The maximum Gasteiger partial charge on any atom is 0.438 e. The molecule has 2 N–H and O–H groups in total. The Morgan fingerprint density at radius 2 is 2.08 bits per heavy atom. The molecule has 0 spiro atoms. The summed E-state index contributed by atoms with van der Waals surface area (Å²) in [5.74, 6) is -0.241. The first-order valence-electron chi connectivity index (χ1n) is 7.24. The van der Waals surface area contributed by atoms with Crippen molar-refractivity contribution in [3.05, 3.63) is 34.9 Å². The van der Waals surface area contributed by atoms with Crippen LogP contribution in [0.5, 0.6) is 0 Å². The van der Waals surface area contributed by atoms with Crippen molar-refractivity contribution in [1.82, 2.24) is 10.3 Å². The molecule has 0 aliphatic carbocycles. The number of alkyl halides is 3. The number of aliphatic hydroxyl groups is 1. The van der Waals surface area contributed by atoms with Crippen molar-refractivity contribution in [1.29, 1.82) is 0 Å². The second kappa shape index (κ2) is 6.85. The molecule has 24 heavy (non-hydrogen) atoms. The van der Waals surface area contributed by atoms with Gasteiger partial charge >= 0.3 is 6.18 Å². The van der Waals surface area contributed by atoms with Crippen molar-refractivity contribution < 1.29 is 18.3 Å². The second-order valence-corrected chi connectivity index (χ2v) is 6.59. The Labute approximate surface area is 148 Å². The molecular weight excluding hydrogens is 363 g/mol. The monoisotopic (exact) mass is 379 g/mol. The van der Waals surface area contributed by atoms with Crippen molar-refractivity contribution in [3.8, 4) is 0 Å². The third-order valence-electron chi connectivity index (χ3n) is 3.71. The van der Waals surface area contributed by atoms with Gasteiger partial charge in [-0.15, -0.1) is 0 Å². The summed E-state index contributed by atoms with van der Waals surface area (Å²) in [6.45, 7) is 3.54. The van der Waals surface area contributed by atoms with Crippen LogP contribution >= 0.6 is 23.8 Å². The molecule has 0 fully saturated rings. The number of hydrazone groups is 1. The smallest absolute Gasteiger partial charge is 0.362 e. The lowest BCUT2D eigenvalue weighted by Crippen LogP contribution is -2.58. The standard InChI is InChI=1S/C15H17ClF3N3OS/c1-9(2)12-7-14(23,15(17,18)19)22(21-12)13(24)20-8-10-5-3-4-6-11(10)16/h3-6,9,23H,7-8H2,1-2H3,(H,20,24). The molecule has 1 aliphatic heterocycles. The molecule has 132 valence electrons. The van der Waals surface area contributed by atoms with E-state index in [1.165, 1.54) is 0 Å². The zero-order chi connectivity index (χ0) is 18.1. The van der Waals surface area contributed by atoms with Gasteiger partial charge in [-0.2, -0.15) is 23.3 Å². The van der Waals surface area contributed by atoms with Gasteiger partial charge in [0, 0.05) is 23.7 Å². The first-order valence-corrected chi connectivity index (χ1v) is 8.03. The number of hydrogen-bond acceptors (Lipinski definition) is 3. The Morgan fingerprint density at radius 3 is 2.62 bits per heavy atom. The fraction of sp³-hybridized carbons (Fsp3) is 0.467. The lowest BCUT2D eigenvalue weighted by molar-refractivity contribution is -0.294. The van der Waals surface area contributed by atoms with Gasteiger partial charge < -0.3 is 10.4 Å². The summed E-state index contributed by atoms with van der Waals surface area (Å²) < 4.78 is 40.0. The van der Waals surface area contributed by atoms with E-state index in [0.717, 1.165) is 0 Å². The molecule has 9 heteroatoms. The topological polar surface area (TPSA) is 47.9 Å². The summed E-state index contributed by atoms with van der Waals surface area (Å²) in [4.78, 5) is 0. The quantitative estimate of drug-likeness (QED) is 0.786. The largest absolute Gasteiger partial charge is 0.438 e. The van der Waals surface area contributed by atoms with Gasteiger partial charge in [0.25, 0.3) is 5.72 Å². The zero-order valence-electron chi connectivity index (χ0n) is 13.1. The van der Waals surface area contributed by atoms with Gasteiger partial charge in [0.2, 0.25) is 0 Å². The molecule has 0 bridgehead atoms. The third kappa shape index (κ3) is 3.65. The van der Waals surface area contributed by atoms with Crippen LogP contribution < -0.4 is 5.32 Å². The maximum atomic E-state index is 13.3. The van der Waals surface area contributed by atoms with E-state index in [9.17, 15) is 18.3 Å². The van der Waals surface area contributed by atoms with Crippen molar-refractivity contribution in [2.45, 2.75) is 38.7 Å². The summed E-state index contributed by atoms with van der Waals surface area (Å²) in [6.07, 6.45) is -5.54. The first-order chi connectivity index (χ1) is 11.1. The number of thiocarbonyl (C=S) groups is 1. The molecular formula is C15H17ClF3N3OS. The van der Waals surface area contributed by atoms with E-state index in [1.54, 1.807) is 38.1 Å². The van der Waals surface area contributed by atoms with Crippen LogP contribution in [0.25, 0.3) is 0 Å². The van der Waals surface area contributed by atoms with Crippen molar-refractivity contribution >= 4 is 34.6 Å². The third-order valence-corrected chi connectivity index (χ3v) is 4.39. The molecule has 1 heterocycles. The molecule has 1 unspecified atom stereocenters. The summed E-state index contributed by atoms with van der Waals surface area (Å²) >= 11 is 11.0. The van der Waals surface area contributed by atoms with E-state index in [1.807, 2.05) is 0 Å². The van der Waals surface area contributed by atoms with Crippen molar-refractivity contribution in [2.75, 3.05) is 0 Å². The second-order valence-electron chi connectivity index (χ2n) is 5.80. The molecule has 1 aromatic carbocycles. The van der Waals surface area contributed by atoms with E-state index in [0.29, 0.717) is 15.6 Å². The lowest BCUT2D eigenvalue weighted by Gasteiger charge is -2.34. The SMILES string of the molecule is CC(C)C1=NN(C(=S)NCc2ccccc2Cl)C(O)(C(F)(F)F)C1. The van der Waals surface area contributed by atoms with Crippen LogP contribution in [0.3, 0.4) is 0 Å². The van der Waals surface area contributed by atoms with Gasteiger partial charge in [0.15, 0.2) is 5.11 Å². The van der Waals surface area contributed by atoms with E-state index >= 15 is 0 Å². The molecule has 0 saturated heterocycles. The fourth-order valence-electron chi connectivity index (χ4n) is 2.21. The van der Waals surface area contributed by atoms with Gasteiger partial charge in [-0.3, -0.25) is 0 Å². The number of halogens is 4. The number of hydrogen-bond donors (Lipinski definition) is 2. The molecule has 4 nitrogen and oxygen atoms in total. The summed E-state index contributed by atoms with van der Waals surface area (Å²) in [7, 11) is 0. The van der Waals surface area contributed by atoms with Crippen molar-refractivity contribution in [3.63, 3.8) is 0 Å². The van der Waals surface area contributed by atoms with Crippen LogP contribution in [-0.4, -0.2) is 32.8 Å². The summed E-state index contributed by atoms with van der Waals surface area (Å²) in [5, 5.41) is 17.3. The van der Waals surface area contributed by atoms with Gasteiger partial charge in [0.1, 0.15) is 0 Å². The average molecular weight is 380 g/mol. The minimum Gasteiger partial charge on any atom is -0.362 e. The highest BCUT2D eigenvalue weighted by molar-refractivity contribution is 7.80. The molecule has 0 amide bonds. The predicted molar refractivity (Wildman–Crippen MR) is 90.6 cm³/mol. The Morgan fingerprint density at radius 1 is 1.46 bits per heavy atom. The van der Waals surface area contributed by atoms with Gasteiger partial charge in [0.05, 0.1) is 0 Å². The molecule has 1 aromatic rings. The number of rotatable bonds is 3. The van der Waals surface area contributed by atoms with E-state index in [4.69, 9.17) is 23.8 Å². The Bertz CT molecular complexity index is 666. The minimum absolute atomic E-state index is 0.121. The van der Waals surface area contributed by atoms with Crippen molar-refractivity contribution in [2.24, 2.45) is 11.0 Å². The van der Waals surface area contributed by atoms with Crippen LogP contribution in [0.4, 0.5) is 13.2 Å². The number of nitrogens with zero attached hydrogens (tertiary/aromatic N) is 2. The first kappa shape index (κ1) is 19.0. The number of nitrogens with one attached hydrogen (secondary N) is 1. The molecule has 1 aliphatic rings. The highest BCUT2D eigenvalue weighted by Gasteiger charge is 2.62. The summed E-state index contributed by atoms with van der Waals surface area (Å²) in [6, 6.07) is 6.88. The van der Waals surface area contributed by atoms with E-state index in [2.05, 4.69) is 10.4 Å². The molecule has 0 radical (unpaired) electrons. The van der Waals surface area contributed by atoms with Crippen LogP contribution in [0.2, 0.25) is 5.02 Å². The van der Waals surface area contributed by atoms with Crippen LogP contribution in [0, 0.1) is 5.92 Å².